The molecule has 1 aliphatic rings. The molecule has 0 radical (unpaired) electrons. The van der Waals surface area contributed by atoms with Gasteiger partial charge in [0, 0.05) is 11.7 Å². The van der Waals surface area contributed by atoms with Gasteiger partial charge in [0.1, 0.15) is 12.6 Å². The van der Waals surface area contributed by atoms with Gasteiger partial charge in [0.05, 0.1) is 6.54 Å². The molecule has 0 saturated carbocycles. The van der Waals surface area contributed by atoms with Crippen molar-refractivity contribution in [3.8, 4) is 0 Å². The minimum absolute atomic E-state index is 0.377. The van der Waals surface area contributed by atoms with E-state index in [1.54, 1.807) is 10.8 Å². The molecule has 0 bridgehead atoms. The Balaban J connectivity index is 2.42. The highest BCUT2D eigenvalue weighted by molar-refractivity contribution is 5.62. The van der Waals surface area contributed by atoms with Crippen molar-refractivity contribution >= 4 is 6.08 Å². The fraction of sp³-hybridized carbons (Fsp3) is 0.583. The summed E-state index contributed by atoms with van der Waals surface area (Å²) in [6.45, 7) is 10.1. The van der Waals surface area contributed by atoms with Crippen LogP contribution in [0.5, 0.6) is 0 Å². The zero-order valence-electron chi connectivity index (χ0n) is 11.4. The van der Waals surface area contributed by atoms with Crippen LogP contribution in [0.3, 0.4) is 0 Å². The summed E-state index contributed by atoms with van der Waals surface area (Å²) in [4.78, 5) is 3.83. The quantitative estimate of drug-likeness (QED) is 0.415. The highest BCUT2D eigenvalue weighted by atomic mass is 16.6. The van der Waals surface area contributed by atoms with Crippen molar-refractivity contribution in [1.29, 1.82) is 0 Å². The van der Waals surface area contributed by atoms with Gasteiger partial charge in [-0.2, -0.15) is 0 Å². The standard InChI is InChI=1S/C12H20N4O2/c1-6-10-9-16(14-15(10)5)8-7-13-11(17)18-12(2,3)4/h6,9H,1,7-8H2,2-5H3/p+1. The molecule has 1 unspecified atom stereocenters. The third kappa shape index (κ3) is 4.67. The third-order valence-electron chi connectivity index (χ3n) is 2.18. The van der Waals surface area contributed by atoms with Crippen LogP contribution in [0.25, 0.3) is 0 Å². The van der Waals surface area contributed by atoms with Crippen molar-refractivity contribution in [2.24, 2.45) is 10.2 Å². The monoisotopic (exact) mass is 253 g/mol. The normalized spacial score (nSPS) is 20.4. The summed E-state index contributed by atoms with van der Waals surface area (Å²) in [6.07, 6.45) is 3.14. The van der Waals surface area contributed by atoms with Gasteiger partial charge in [0.2, 0.25) is 6.20 Å². The highest BCUT2D eigenvalue weighted by Gasteiger charge is 2.23. The third-order valence-corrected chi connectivity index (χ3v) is 2.18. The Bertz CT molecular complexity index is 405. The number of aliphatic imine (C=N–C) groups is 1. The smallest absolute Gasteiger partial charge is 0.291 e. The zero-order chi connectivity index (χ0) is 13.8. The molecule has 6 nitrogen and oxygen atoms in total. The number of hydrogen-bond donors (Lipinski definition) is 1. The molecule has 100 valence electrons. The van der Waals surface area contributed by atoms with E-state index >= 15 is 0 Å². The Labute approximate surface area is 108 Å². The van der Waals surface area contributed by atoms with Gasteiger partial charge in [0.25, 0.3) is 5.70 Å². The number of hydrogen-bond acceptors (Lipinski definition) is 4. The predicted molar refractivity (Wildman–Crippen MR) is 65.9 cm³/mol. The molecule has 1 rings (SSSR count). The van der Waals surface area contributed by atoms with E-state index in [4.69, 9.17) is 4.74 Å². The van der Waals surface area contributed by atoms with Crippen molar-refractivity contribution in [1.82, 2.24) is 0 Å². The van der Waals surface area contributed by atoms with E-state index in [9.17, 15) is 5.11 Å². The molecule has 1 N–H and O–H groups in total. The maximum Gasteiger partial charge on any atom is 0.291 e. The maximum atomic E-state index is 11.3. The first-order valence-electron chi connectivity index (χ1n) is 5.87. The summed E-state index contributed by atoms with van der Waals surface area (Å²) in [5, 5.41) is 16.5. The Morgan fingerprint density at radius 3 is 2.83 bits per heavy atom. The van der Waals surface area contributed by atoms with Gasteiger partial charge < -0.3 is 9.84 Å². The number of allylic oxidation sites excluding steroid dienone is 1. The molecular weight excluding hydrogens is 232 g/mol. The van der Waals surface area contributed by atoms with Crippen molar-refractivity contribution < 1.29 is 19.5 Å². The average molecular weight is 253 g/mol. The van der Waals surface area contributed by atoms with Crippen LogP contribution in [-0.2, 0) is 4.74 Å². The summed E-state index contributed by atoms with van der Waals surface area (Å²) in [7, 11) is 1.85. The van der Waals surface area contributed by atoms with Gasteiger partial charge in [-0.05, 0) is 4.70 Å². The Hall–Kier alpha value is -1.69. The summed E-state index contributed by atoms with van der Waals surface area (Å²) < 4.78 is 6.82. The zero-order valence-corrected chi connectivity index (χ0v) is 11.4. The van der Waals surface area contributed by atoms with E-state index in [0.717, 1.165) is 10.7 Å². The van der Waals surface area contributed by atoms with Crippen molar-refractivity contribution in [2.75, 3.05) is 20.1 Å². The second kappa shape index (κ2) is 5.77. The molecule has 0 aromatic heterocycles. The van der Waals surface area contributed by atoms with Crippen LogP contribution < -0.4 is 10.1 Å². The van der Waals surface area contributed by atoms with Crippen LogP contribution in [0.15, 0.2) is 34.8 Å². The lowest BCUT2D eigenvalue weighted by Crippen LogP contribution is -3.02. The molecule has 0 saturated heterocycles. The average Bonchev–Trinajstić information content (AvgIpc) is 2.56. The van der Waals surface area contributed by atoms with Crippen LogP contribution in [-0.4, -0.2) is 36.5 Å². The summed E-state index contributed by atoms with van der Waals surface area (Å²) >= 11 is 0. The molecule has 0 fully saturated rings. The second-order valence-corrected chi connectivity index (χ2v) is 5.00. The van der Waals surface area contributed by atoms with E-state index in [2.05, 4.69) is 16.8 Å². The predicted octanol–water partition coefficient (Wildman–Crippen LogP) is -0.547. The fourth-order valence-electron chi connectivity index (χ4n) is 1.41. The first-order chi connectivity index (χ1) is 8.31. The van der Waals surface area contributed by atoms with Crippen LogP contribution in [0.2, 0.25) is 0 Å². The van der Waals surface area contributed by atoms with Gasteiger partial charge in [-0.1, -0.05) is 27.4 Å². The second-order valence-electron chi connectivity index (χ2n) is 5.00. The minimum Gasteiger partial charge on any atom is -0.595 e. The van der Waals surface area contributed by atoms with E-state index in [1.807, 2.05) is 34.0 Å². The molecule has 1 heterocycles. The lowest BCUT2D eigenvalue weighted by atomic mass is 10.2. The van der Waals surface area contributed by atoms with Crippen LogP contribution in [0.1, 0.15) is 20.8 Å². The van der Waals surface area contributed by atoms with E-state index in [1.165, 1.54) is 0 Å². The molecule has 1 atom stereocenters. The van der Waals surface area contributed by atoms with E-state index in [0.29, 0.717) is 13.1 Å². The first kappa shape index (κ1) is 14.4. The molecular formula is C12H21N4O2+. The molecule has 6 heteroatoms. The Morgan fingerprint density at radius 2 is 2.33 bits per heavy atom. The van der Waals surface area contributed by atoms with Gasteiger partial charge >= 0.3 is 0 Å². The molecule has 0 aromatic carbocycles. The largest absolute Gasteiger partial charge is 0.595 e. The molecule has 1 aliphatic heterocycles. The summed E-state index contributed by atoms with van der Waals surface area (Å²) in [5.74, 6) is 0. The SMILES string of the molecule is C=CC1=C[NH+](CCN=C([O-])OC(C)(C)C)N=[N+]1C. The Kier molecular flexibility index (Phi) is 4.61. The minimum atomic E-state index is -0.526. The molecule has 0 amide bonds. The highest BCUT2D eigenvalue weighted by Crippen LogP contribution is 2.05. The van der Waals surface area contributed by atoms with Crippen molar-refractivity contribution in [3.05, 3.63) is 24.6 Å². The van der Waals surface area contributed by atoms with Crippen LogP contribution in [0, 0.1) is 0 Å². The van der Waals surface area contributed by atoms with Gasteiger partial charge in [-0.25, -0.2) is 0 Å². The number of rotatable bonds is 4. The molecule has 0 aromatic rings. The van der Waals surface area contributed by atoms with Crippen molar-refractivity contribution in [3.63, 3.8) is 0 Å². The summed E-state index contributed by atoms with van der Waals surface area (Å²) in [5.41, 5.74) is 0.448. The van der Waals surface area contributed by atoms with Gasteiger partial charge in [0.15, 0.2) is 12.3 Å². The lowest BCUT2D eigenvalue weighted by molar-refractivity contribution is -0.894. The first-order valence-corrected chi connectivity index (χ1v) is 5.87. The number of likely N-dealkylation sites (N-methyl/N-ethyl adjacent to an activating group) is 1. The Morgan fingerprint density at radius 1 is 1.67 bits per heavy atom. The van der Waals surface area contributed by atoms with Crippen molar-refractivity contribution in [2.45, 2.75) is 26.4 Å². The number of nitrogens with one attached hydrogen (secondary N) is 1. The van der Waals surface area contributed by atoms with Gasteiger partial charge in [-0.3, -0.25) is 4.99 Å². The number of ether oxygens (including phenoxy) is 1. The number of quaternary nitrogens is 1. The van der Waals surface area contributed by atoms with Gasteiger partial charge in [-0.15, -0.1) is 5.01 Å². The summed E-state index contributed by atoms with van der Waals surface area (Å²) in [6, 6.07) is 0. The van der Waals surface area contributed by atoms with E-state index in [-0.39, 0.29) is 0 Å². The lowest BCUT2D eigenvalue weighted by Gasteiger charge is -2.29. The topological polar surface area (TPSA) is 64.5 Å². The molecule has 0 aliphatic carbocycles. The molecule has 0 spiro atoms. The van der Waals surface area contributed by atoms with E-state index < -0.39 is 11.7 Å². The van der Waals surface area contributed by atoms with Crippen LogP contribution in [0.4, 0.5) is 0 Å². The number of nitrogens with zero attached hydrogens (tertiary/aromatic N) is 3. The fourth-order valence-corrected chi connectivity index (χ4v) is 1.41. The maximum absolute atomic E-state index is 11.3. The molecule has 18 heavy (non-hydrogen) atoms. The van der Waals surface area contributed by atoms with Crippen LogP contribution >= 0.6 is 0 Å².